The van der Waals surface area contributed by atoms with Crippen LogP contribution in [0.5, 0.6) is 0 Å². The van der Waals surface area contributed by atoms with Gasteiger partial charge in [0.05, 0.1) is 0 Å². The van der Waals surface area contributed by atoms with Crippen LogP contribution in [0.3, 0.4) is 0 Å². The third kappa shape index (κ3) is 3.79. The maximum Gasteiger partial charge on any atom is 0.425 e. The monoisotopic (exact) mass is 214 g/mol. The molecule has 0 aromatic heterocycles. The minimum atomic E-state index is -5.68. The zero-order valence-corrected chi connectivity index (χ0v) is 6.05. The second-order valence-corrected chi connectivity index (χ2v) is 2.12. The molecular formula is C5H5F7O. The van der Waals surface area contributed by atoms with Gasteiger partial charge in [0.2, 0.25) is 0 Å². The molecule has 8 heteroatoms. The highest BCUT2D eigenvalue weighted by Crippen LogP contribution is 2.34. The van der Waals surface area contributed by atoms with Gasteiger partial charge in [-0.25, -0.2) is 17.6 Å². The van der Waals surface area contributed by atoms with E-state index in [1.165, 1.54) is 0 Å². The van der Waals surface area contributed by atoms with Gasteiger partial charge in [-0.3, -0.25) is 0 Å². The van der Waals surface area contributed by atoms with E-state index in [2.05, 4.69) is 4.74 Å². The lowest BCUT2D eigenvalue weighted by atomic mass is 10.2. The second-order valence-electron chi connectivity index (χ2n) is 2.12. The summed E-state index contributed by atoms with van der Waals surface area (Å²) in [6.45, 7) is -3.63. The highest BCUT2D eigenvalue weighted by atomic mass is 19.4. The quantitative estimate of drug-likeness (QED) is 0.653. The van der Waals surface area contributed by atoms with Crippen LogP contribution in [0.25, 0.3) is 0 Å². The Balaban J connectivity index is 4.27. The Hall–Kier alpha value is -0.530. The van der Waals surface area contributed by atoms with E-state index in [9.17, 15) is 30.7 Å². The van der Waals surface area contributed by atoms with Gasteiger partial charge in [-0.05, 0) is 0 Å². The maximum absolute atomic E-state index is 12.1. The Morgan fingerprint density at radius 1 is 1.08 bits per heavy atom. The van der Waals surface area contributed by atoms with Crippen LogP contribution in [0.15, 0.2) is 0 Å². The standard InChI is InChI=1S/C5H5F7O/c6-2-13-1-4(8,9)3(7)5(10,11)12/h3H,1-2H2. The molecule has 1 atom stereocenters. The van der Waals surface area contributed by atoms with Crippen molar-refractivity contribution in [2.24, 2.45) is 0 Å². The Bertz CT molecular complexity index is 153. The van der Waals surface area contributed by atoms with Crippen molar-refractivity contribution in [1.82, 2.24) is 0 Å². The average molecular weight is 214 g/mol. The molecule has 13 heavy (non-hydrogen) atoms. The van der Waals surface area contributed by atoms with Gasteiger partial charge in [-0.15, -0.1) is 0 Å². The first-order chi connectivity index (χ1) is 5.72. The molecule has 0 N–H and O–H groups in total. The molecule has 0 saturated carbocycles. The third-order valence-corrected chi connectivity index (χ3v) is 1.03. The van der Waals surface area contributed by atoms with Crippen LogP contribution in [0, 0.1) is 0 Å². The van der Waals surface area contributed by atoms with E-state index in [1.54, 1.807) is 0 Å². The van der Waals surface area contributed by atoms with E-state index < -0.39 is 31.7 Å². The molecule has 0 radical (unpaired) electrons. The molecule has 1 nitrogen and oxygen atoms in total. The lowest BCUT2D eigenvalue weighted by Gasteiger charge is -2.21. The molecule has 0 spiro atoms. The zero-order valence-electron chi connectivity index (χ0n) is 6.05. The van der Waals surface area contributed by atoms with Gasteiger partial charge in [0.1, 0.15) is 6.61 Å². The fourth-order valence-electron chi connectivity index (χ4n) is 0.487. The van der Waals surface area contributed by atoms with Crippen molar-refractivity contribution in [3.8, 4) is 0 Å². The molecule has 0 bridgehead atoms. The van der Waals surface area contributed by atoms with Gasteiger partial charge in [0.15, 0.2) is 6.86 Å². The fourth-order valence-corrected chi connectivity index (χ4v) is 0.487. The van der Waals surface area contributed by atoms with Crippen LogP contribution < -0.4 is 0 Å². The number of hydrogen-bond acceptors (Lipinski definition) is 1. The van der Waals surface area contributed by atoms with E-state index >= 15 is 0 Å². The molecule has 0 rings (SSSR count). The predicted octanol–water partition coefficient (Wildman–Crippen LogP) is 2.47. The molecule has 0 aliphatic heterocycles. The number of alkyl halides is 7. The van der Waals surface area contributed by atoms with E-state index in [1.807, 2.05) is 0 Å². The van der Waals surface area contributed by atoms with Gasteiger partial charge < -0.3 is 4.74 Å². The van der Waals surface area contributed by atoms with E-state index in [0.29, 0.717) is 0 Å². The molecule has 0 heterocycles. The summed E-state index contributed by atoms with van der Waals surface area (Å²) in [6.07, 6.45) is -10.0. The lowest BCUT2D eigenvalue weighted by Crippen LogP contribution is -2.44. The largest absolute Gasteiger partial charge is 0.425 e. The van der Waals surface area contributed by atoms with Crippen LogP contribution in [0.2, 0.25) is 0 Å². The van der Waals surface area contributed by atoms with Crippen LogP contribution in [0.4, 0.5) is 30.7 Å². The molecule has 0 fully saturated rings. The highest BCUT2D eigenvalue weighted by molar-refractivity contribution is 4.82. The minimum absolute atomic E-state index is 1.69. The summed E-state index contributed by atoms with van der Waals surface area (Å²) in [6, 6.07) is 0. The van der Waals surface area contributed by atoms with Crippen LogP contribution in [0.1, 0.15) is 0 Å². The van der Waals surface area contributed by atoms with Crippen LogP contribution in [-0.2, 0) is 4.74 Å². The molecule has 0 aromatic carbocycles. The summed E-state index contributed by atoms with van der Waals surface area (Å²) in [5.74, 6) is -4.76. The van der Waals surface area contributed by atoms with Crippen molar-refractivity contribution in [3.63, 3.8) is 0 Å². The third-order valence-electron chi connectivity index (χ3n) is 1.03. The minimum Gasteiger partial charge on any atom is -0.344 e. The molecule has 0 amide bonds. The Labute approximate surface area is 68.5 Å². The van der Waals surface area contributed by atoms with E-state index in [4.69, 9.17) is 0 Å². The molecule has 0 saturated heterocycles. The molecule has 0 aliphatic carbocycles. The maximum atomic E-state index is 12.1. The average Bonchev–Trinajstić information content (AvgIpc) is 1.98. The lowest BCUT2D eigenvalue weighted by molar-refractivity contribution is -0.257. The first kappa shape index (κ1) is 12.5. The summed E-state index contributed by atoms with van der Waals surface area (Å²) in [5.41, 5.74) is 0. The Morgan fingerprint density at radius 3 is 1.85 bits per heavy atom. The van der Waals surface area contributed by atoms with Gasteiger partial charge in [0, 0.05) is 0 Å². The normalized spacial score (nSPS) is 15.9. The number of hydrogen-bond donors (Lipinski definition) is 0. The molecule has 0 aliphatic rings. The summed E-state index contributed by atoms with van der Waals surface area (Å²) < 4.78 is 84.7. The number of rotatable bonds is 4. The van der Waals surface area contributed by atoms with Crippen LogP contribution >= 0.6 is 0 Å². The van der Waals surface area contributed by atoms with Crippen LogP contribution in [-0.4, -0.2) is 31.7 Å². The molecular weight excluding hydrogens is 209 g/mol. The van der Waals surface area contributed by atoms with Crippen molar-refractivity contribution < 1.29 is 35.5 Å². The van der Waals surface area contributed by atoms with Crippen molar-refractivity contribution >= 4 is 0 Å². The SMILES string of the molecule is FCOCC(F)(F)C(F)C(F)(F)F. The first-order valence-corrected chi connectivity index (χ1v) is 2.94. The number of ether oxygens (including phenoxy) is 1. The summed E-state index contributed by atoms with van der Waals surface area (Å²) in [5, 5.41) is 0. The van der Waals surface area contributed by atoms with E-state index in [-0.39, 0.29) is 0 Å². The van der Waals surface area contributed by atoms with Crippen molar-refractivity contribution in [3.05, 3.63) is 0 Å². The van der Waals surface area contributed by atoms with Gasteiger partial charge in [0.25, 0.3) is 6.17 Å². The van der Waals surface area contributed by atoms with Crippen molar-refractivity contribution in [2.75, 3.05) is 13.5 Å². The zero-order chi connectivity index (χ0) is 10.7. The Morgan fingerprint density at radius 2 is 1.54 bits per heavy atom. The second kappa shape index (κ2) is 4.12. The first-order valence-electron chi connectivity index (χ1n) is 2.94. The topological polar surface area (TPSA) is 9.23 Å². The molecule has 0 aromatic rings. The van der Waals surface area contributed by atoms with Crippen molar-refractivity contribution in [2.45, 2.75) is 18.3 Å². The smallest absolute Gasteiger partial charge is 0.344 e. The predicted molar refractivity (Wildman–Crippen MR) is 27.8 cm³/mol. The van der Waals surface area contributed by atoms with Crippen molar-refractivity contribution in [1.29, 1.82) is 0 Å². The molecule has 1 unspecified atom stereocenters. The fraction of sp³-hybridized carbons (Fsp3) is 1.00. The molecule has 80 valence electrons. The van der Waals surface area contributed by atoms with Gasteiger partial charge in [-0.1, -0.05) is 0 Å². The summed E-state index contributed by atoms with van der Waals surface area (Å²) >= 11 is 0. The highest BCUT2D eigenvalue weighted by Gasteiger charge is 2.56. The van der Waals surface area contributed by atoms with Gasteiger partial charge >= 0.3 is 12.1 Å². The number of halogens is 7. The summed E-state index contributed by atoms with van der Waals surface area (Å²) in [7, 11) is 0. The van der Waals surface area contributed by atoms with E-state index in [0.717, 1.165) is 0 Å². The Kier molecular flexibility index (Phi) is 3.95. The summed E-state index contributed by atoms with van der Waals surface area (Å²) in [4.78, 5) is 0. The van der Waals surface area contributed by atoms with Gasteiger partial charge in [-0.2, -0.15) is 13.2 Å².